The monoisotopic (exact) mass is 662 g/mol. The smallest absolute Gasteiger partial charge is 0.393 e. The third-order valence-corrected chi connectivity index (χ3v) is 10.1. The molecule has 0 bridgehead atoms. The van der Waals surface area contributed by atoms with E-state index >= 15 is 0 Å². The number of anilines is 1. The highest BCUT2D eigenvalue weighted by Crippen LogP contribution is 2.48. The summed E-state index contributed by atoms with van der Waals surface area (Å²) in [4.78, 5) is 38.4. The molecule has 2 aromatic carbocycles. The van der Waals surface area contributed by atoms with Gasteiger partial charge in [-0.15, -0.1) is 0 Å². The number of esters is 1. The predicted octanol–water partition coefficient (Wildman–Crippen LogP) is 5.28. The summed E-state index contributed by atoms with van der Waals surface area (Å²) in [5.41, 5.74) is 0.316. The molecule has 3 aromatic rings. The largest absolute Gasteiger partial charge is 0.462 e. The van der Waals surface area contributed by atoms with Crippen LogP contribution in [0.4, 0.5) is 5.69 Å². The second kappa shape index (κ2) is 14.1. The molecule has 2 atom stereocenters. The van der Waals surface area contributed by atoms with Gasteiger partial charge in [0.15, 0.2) is 0 Å². The summed E-state index contributed by atoms with van der Waals surface area (Å²) in [6.07, 6.45) is 4.01. The summed E-state index contributed by atoms with van der Waals surface area (Å²) in [6.45, 7) is 2.53. The van der Waals surface area contributed by atoms with E-state index in [9.17, 15) is 18.9 Å². The first kappa shape index (κ1) is 32.0. The highest BCUT2D eigenvalue weighted by Gasteiger charge is 2.38. The van der Waals surface area contributed by atoms with E-state index in [2.05, 4.69) is 25.9 Å². The lowest BCUT2D eigenvalue weighted by Gasteiger charge is -2.37. The molecule has 1 aliphatic carbocycles. The number of piperidine rings is 1. The van der Waals surface area contributed by atoms with E-state index in [0.29, 0.717) is 31.7 Å². The lowest BCUT2D eigenvalue weighted by molar-refractivity contribution is -0.148. The van der Waals surface area contributed by atoms with Crippen LogP contribution in [0.1, 0.15) is 53.5 Å². The standard InChI is InChI=1S/C29H33Cl2N6O6P/c1-18(29(40)42-20-10-11-20)16-33-44(41,43-21-6-3-2-4-7-21)37-14-12-19(13-15-37)34-28(39)26-24(17-32-36-26)35-27(38)25-22(30)8-5-9-23(25)31/h2-9,17-20H,10-16H2,1H3,(H,32,36)(H,33,41)(H,34,39)(H,35,38)/t18-,44?/m1/s1. The number of hydrogen-bond donors (Lipinski definition) is 4. The number of rotatable bonds is 12. The number of carbonyl (C=O) groups excluding carboxylic acids is 3. The Labute approximate surface area is 264 Å². The minimum absolute atomic E-state index is 0.0125. The number of hydrogen-bond acceptors (Lipinski definition) is 7. The summed E-state index contributed by atoms with van der Waals surface area (Å²) < 4.78 is 27.3. The van der Waals surface area contributed by atoms with Gasteiger partial charge in [-0.05, 0) is 49.9 Å². The number of aromatic nitrogens is 2. The number of halogens is 2. The molecule has 2 aliphatic rings. The zero-order valence-corrected chi connectivity index (χ0v) is 26.3. The van der Waals surface area contributed by atoms with Crippen LogP contribution in [0.15, 0.2) is 54.7 Å². The van der Waals surface area contributed by atoms with Crippen LogP contribution >= 0.6 is 30.9 Å². The molecule has 1 unspecified atom stereocenters. The van der Waals surface area contributed by atoms with Gasteiger partial charge in [0, 0.05) is 25.7 Å². The average molecular weight is 663 g/mol. The Balaban J connectivity index is 1.19. The molecule has 12 nitrogen and oxygen atoms in total. The zero-order chi connectivity index (χ0) is 31.3. The molecule has 234 valence electrons. The number of carbonyl (C=O) groups is 3. The lowest BCUT2D eigenvalue weighted by Crippen LogP contribution is -2.46. The van der Waals surface area contributed by atoms with Crippen LogP contribution in [0.3, 0.4) is 0 Å². The SMILES string of the molecule is C[C@H](CNP(=O)(Oc1ccccc1)N1CCC(NC(=O)c2[nH]ncc2NC(=O)c2c(Cl)cccc2Cl)CC1)C(=O)OC1CC1. The molecular weight excluding hydrogens is 630 g/mol. The molecule has 1 aliphatic heterocycles. The van der Waals surface area contributed by atoms with Crippen LogP contribution in [0, 0.1) is 5.92 Å². The fourth-order valence-electron chi connectivity index (χ4n) is 4.60. The molecule has 2 amide bonds. The first-order valence-electron chi connectivity index (χ1n) is 14.3. The Hall–Kier alpha value is -3.41. The van der Waals surface area contributed by atoms with Crippen molar-refractivity contribution < 1.29 is 28.2 Å². The Morgan fingerprint density at radius 1 is 1.02 bits per heavy atom. The van der Waals surface area contributed by atoms with E-state index in [0.717, 1.165) is 12.8 Å². The first-order valence-corrected chi connectivity index (χ1v) is 16.6. The highest BCUT2D eigenvalue weighted by atomic mass is 35.5. The Morgan fingerprint density at radius 3 is 2.36 bits per heavy atom. The van der Waals surface area contributed by atoms with Crippen LogP contribution < -0.4 is 20.2 Å². The van der Waals surface area contributed by atoms with Crippen molar-refractivity contribution >= 4 is 54.3 Å². The fourth-order valence-corrected chi connectivity index (χ4v) is 7.22. The quantitative estimate of drug-likeness (QED) is 0.150. The van der Waals surface area contributed by atoms with E-state index < -0.39 is 25.4 Å². The second-order valence-electron chi connectivity index (χ2n) is 10.7. The summed E-state index contributed by atoms with van der Waals surface area (Å²) in [6, 6.07) is 13.3. The molecule has 2 fully saturated rings. The van der Waals surface area contributed by atoms with Gasteiger partial charge in [0.1, 0.15) is 17.5 Å². The fraction of sp³-hybridized carbons (Fsp3) is 0.379. The Bertz CT molecular complexity index is 1520. The second-order valence-corrected chi connectivity index (χ2v) is 13.7. The number of aromatic amines is 1. The first-order chi connectivity index (χ1) is 21.1. The predicted molar refractivity (Wildman–Crippen MR) is 166 cm³/mol. The number of para-hydroxylation sites is 1. The minimum Gasteiger partial charge on any atom is -0.462 e. The van der Waals surface area contributed by atoms with Crippen LogP contribution in [-0.4, -0.2) is 64.4 Å². The number of ether oxygens (including phenoxy) is 1. The summed E-state index contributed by atoms with van der Waals surface area (Å²) >= 11 is 12.3. The van der Waals surface area contributed by atoms with Gasteiger partial charge >= 0.3 is 13.6 Å². The van der Waals surface area contributed by atoms with Crippen molar-refractivity contribution in [3.05, 3.63) is 76.0 Å². The van der Waals surface area contributed by atoms with E-state index in [1.807, 2.05) is 6.07 Å². The summed E-state index contributed by atoms with van der Waals surface area (Å²) in [5, 5.41) is 15.5. The number of nitrogens with one attached hydrogen (secondary N) is 4. The van der Waals surface area contributed by atoms with Crippen molar-refractivity contribution in [3.63, 3.8) is 0 Å². The van der Waals surface area contributed by atoms with Crippen molar-refractivity contribution in [2.75, 3.05) is 25.0 Å². The van der Waals surface area contributed by atoms with Crippen LogP contribution in [0.2, 0.25) is 10.0 Å². The molecule has 4 N–H and O–H groups in total. The van der Waals surface area contributed by atoms with Crippen molar-refractivity contribution in [2.45, 2.75) is 44.8 Å². The maximum atomic E-state index is 14.2. The third kappa shape index (κ3) is 7.99. The van der Waals surface area contributed by atoms with Crippen molar-refractivity contribution in [3.8, 4) is 5.75 Å². The van der Waals surface area contributed by atoms with Gasteiger partial charge in [-0.3, -0.25) is 19.5 Å². The summed E-state index contributed by atoms with van der Waals surface area (Å²) in [7, 11) is -3.62. The number of benzene rings is 2. The van der Waals surface area contributed by atoms with Gasteiger partial charge in [0.05, 0.1) is 33.4 Å². The molecule has 1 saturated heterocycles. The molecule has 0 radical (unpaired) electrons. The van der Waals surface area contributed by atoms with Gasteiger partial charge in [0.25, 0.3) is 11.8 Å². The molecular formula is C29H33Cl2N6O6P. The van der Waals surface area contributed by atoms with Gasteiger partial charge in [-0.1, -0.05) is 54.4 Å². The lowest BCUT2D eigenvalue weighted by atomic mass is 10.1. The Morgan fingerprint density at radius 2 is 1.70 bits per heavy atom. The van der Waals surface area contributed by atoms with Gasteiger partial charge in [0.2, 0.25) is 0 Å². The molecule has 44 heavy (non-hydrogen) atoms. The maximum absolute atomic E-state index is 14.2. The molecule has 2 heterocycles. The van der Waals surface area contributed by atoms with Gasteiger partial charge < -0.3 is 19.9 Å². The minimum atomic E-state index is -3.62. The number of H-pyrrole nitrogens is 1. The third-order valence-electron chi connectivity index (χ3n) is 7.26. The average Bonchev–Trinajstić information content (AvgIpc) is 3.70. The molecule has 0 spiro atoms. The van der Waals surface area contributed by atoms with Gasteiger partial charge in [-0.2, -0.15) is 5.10 Å². The van der Waals surface area contributed by atoms with Gasteiger partial charge in [-0.25, -0.2) is 14.3 Å². The normalized spacial score (nSPS) is 17.7. The topological polar surface area (TPSA) is 155 Å². The number of nitrogens with zero attached hydrogens (tertiary/aromatic N) is 2. The van der Waals surface area contributed by atoms with Crippen molar-refractivity contribution in [2.24, 2.45) is 5.92 Å². The van der Waals surface area contributed by atoms with Crippen LogP contribution in [0.5, 0.6) is 5.75 Å². The Kier molecular flexibility index (Phi) is 10.3. The highest BCUT2D eigenvalue weighted by molar-refractivity contribution is 7.54. The van der Waals surface area contributed by atoms with E-state index in [4.69, 9.17) is 32.5 Å². The maximum Gasteiger partial charge on any atom is 0.393 e. The van der Waals surface area contributed by atoms with Crippen molar-refractivity contribution in [1.82, 2.24) is 25.3 Å². The molecule has 1 saturated carbocycles. The summed E-state index contributed by atoms with van der Waals surface area (Å²) in [5.74, 6) is -1.47. The molecule has 5 rings (SSSR count). The van der Waals surface area contributed by atoms with E-state index in [1.165, 1.54) is 6.20 Å². The number of amides is 2. The van der Waals surface area contributed by atoms with Crippen LogP contribution in [0.25, 0.3) is 0 Å². The van der Waals surface area contributed by atoms with Crippen molar-refractivity contribution in [1.29, 1.82) is 0 Å². The van der Waals surface area contributed by atoms with E-state index in [-0.39, 0.29) is 51.6 Å². The molecule has 15 heteroatoms. The van der Waals surface area contributed by atoms with Crippen LogP contribution in [-0.2, 0) is 14.1 Å². The van der Waals surface area contributed by atoms with E-state index in [1.54, 1.807) is 54.1 Å². The molecule has 1 aromatic heterocycles. The zero-order valence-electron chi connectivity index (χ0n) is 23.9.